The number of anilines is 1. The van der Waals surface area contributed by atoms with Crippen LogP contribution in [0, 0.1) is 5.82 Å². The Labute approximate surface area is 234 Å². The Morgan fingerprint density at radius 3 is 2.49 bits per heavy atom. The third kappa shape index (κ3) is 8.36. The summed E-state index contributed by atoms with van der Waals surface area (Å²) in [5, 5.41) is 5.58. The van der Waals surface area contributed by atoms with Crippen molar-refractivity contribution in [3.8, 4) is 22.6 Å². The molecule has 3 rings (SSSR count). The Morgan fingerprint density at radius 2 is 1.85 bits per heavy atom. The second kappa shape index (κ2) is 12.4. The number of benzene rings is 1. The van der Waals surface area contributed by atoms with Crippen LogP contribution in [0.15, 0.2) is 35.4 Å². The second-order valence-corrected chi connectivity index (χ2v) is 11.9. The van der Waals surface area contributed by atoms with Gasteiger partial charge in [-0.05, 0) is 25.1 Å². The molecule has 0 bridgehead atoms. The second-order valence-electron chi connectivity index (χ2n) is 10.1. The van der Waals surface area contributed by atoms with E-state index in [0.717, 1.165) is 6.07 Å². The highest BCUT2D eigenvalue weighted by molar-refractivity contribution is 7.89. The summed E-state index contributed by atoms with van der Waals surface area (Å²) < 4.78 is 85.1. The van der Waals surface area contributed by atoms with Gasteiger partial charge in [-0.1, -0.05) is 26.8 Å². The Hall–Kier alpha value is -3.79. The quantitative estimate of drug-likeness (QED) is 0.250. The van der Waals surface area contributed by atoms with E-state index in [1.807, 2.05) is 20.8 Å². The predicted molar refractivity (Wildman–Crippen MR) is 143 cm³/mol. The highest BCUT2D eigenvalue weighted by Gasteiger charge is 2.30. The molecule has 16 heteroatoms. The van der Waals surface area contributed by atoms with Gasteiger partial charge in [0, 0.05) is 36.3 Å². The van der Waals surface area contributed by atoms with Gasteiger partial charge in [-0.3, -0.25) is 0 Å². The van der Waals surface area contributed by atoms with E-state index in [1.165, 1.54) is 25.4 Å². The topological polar surface area (TPSA) is 151 Å². The molecule has 2 aromatic heterocycles. The Bertz CT molecular complexity index is 1490. The zero-order valence-electron chi connectivity index (χ0n) is 23.0. The minimum absolute atomic E-state index is 0.0464. The van der Waals surface area contributed by atoms with Gasteiger partial charge in [0.2, 0.25) is 16.0 Å². The Balaban J connectivity index is 2.01. The lowest BCUT2D eigenvalue weighted by Crippen LogP contribution is -2.37. The van der Waals surface area contributed by atoms with Crippen LogP contribution in [0.25, 0.3) is 22.6 Å². The summed E-state index contributed by atoms with van der Waals surface area (Å²) in [6.07, 6.45) is -5.15. The van der Waals surface area contributed by atoms with E-state index in [2.05, 4.69) is 35.3 Å². The molecule has 41 heavy (non-hydrogen) atoms. The molecule has 0 unspecified atom stereocenters. The molecule has 4 N–H and O–H groups in total. The molecule has 3 aromatic rings. The van der Waals surface area contributed by atoms with Gasteiger partial charge in [0.05, 0.1) is 24.9 Å². The van der Waals surface area contributed by atoms with E-state index >= 15 is 4.39 Å². The molecule has 11 nitrogen and oxygen atoms in total. The number of hydrogen-bond acceptors (Lipinski definition) is 8. The summed E-state index contributed by atoms with van der Waals surface area (Å²) >= 11 is 0. The Kier molecular flexibility index (Phi) is 9.58. The lowest BCUT2D eigenvalue weighted by atomic mass is 9.96. The van der Waals surface area contributed by atoms with Gasteiger partial charge in [-0.25, -0.2) is 37.3 Å². The van der Waals surface area contributed by atoms with Crippen LogP contribution in [0.2, 0.25) is 0 Å². The lowest BCUT2D eigenvalue weighted by molar-refractivity contribution is -0.132. The summed E-state index contributed by atoms with van der Waals surface area (Å²) in [6, 6.07) is 4.75. The third-order valence-corrected chi connectivity index (χ3v) is 7.13. The van der Waals surface area contributed by atoms with E-state index in [1.54, 1.807) is 17.7 Å². The molecule has 0 saturated carbocycles. The van der Waals surface area contributed by atoms with Crippen LogP contribution >= 0.6 is 0 Å². The number of carbonyl (C=O) groups excluding carboxylic acids is 1. The van der Waals surface area contributed by atoms with E-state index in [4.69, 9.17) is 0 Å². The first-order valence-corrected chi connectivity index (χ1v) is 13.9. The molecule has 0 spiro atoms. The van der Waals surface area contributed by atoms with Crippen molar-refractivity contribution < 1.29 is 35.5 Å². The number of ether oxygens (including phenoxy) is 1. The first kappa shape index (κ1) is 31.7. The minimum atomic E-state index is -4.61. The van der Waals surface area contributed by atoms with Crippen molar-refractivity contribution in [2.45, 2.75) is 56.6 Å². The first-order chi connectivity index (χ1) is 19.0. The van der Waals surface area contributed by atoms with Gasteiger partial charge in [0.15, 0.2) is 5.82 Å². The van der Waals surface area contributed by atoms with Crippen molar-refractivity contribution in [3.05, 3.63) is 42.1 Å². The maximum absolute atomic E-state index is 15.8. The minimum Gasteiger partial charge on any atom is -0.453 e. The average molecular weight is 602 g/mol. The fourth-order valence-electron chi connectivity index (χ4n) is 3.55. The molecule has 0 fully saturated rings. The summed E-state index contributed by atoms with van der Waals surface area (Å²) in [7, 11) is -3.37. The molecule has 0 aliphatic carbocycles. The Morgan fingerprint density at radius 1 is 1.15 bits per heavy atom. The average Bonchev–Trinajstić information content (AvgIpc) is 3.33. The van der Waals surface area contributed by atoms with Crippen molar-refractivity contribution in [1.82, 2.24) is 30.0 Å². The van der Waals surface area contributed by atoms with Crippen LogP contribution in [0.1, 0.15) is 39.9 Å². The number of imidazole rings is 1. The highest BCUT2D eigenvalue weighted by atomic mass is 32.2. The molecule has 1 atom stereocenters. The third-order valence-electron chi connectivity index (χ3n) is 5.65. The van der Waals surface area contributed by atoms with Gasteiger partial charge in [0.25, 0.3) is 0 Å². The maximum Gasteiger partial charge on any atom is 0.407 e. The number of aromatic amines is 1. The van der Waals surface area contributed by atoms with Crippen molar-refractivity contribution in [1.29, 1.82) is 0 Å². The van der Waals surface area contributed by atoms with Gasteiger partial charge < -0.3 is 20.4 Å². The highest BCUT2D eigenvalue weighted by Crippen LogP contribution is 2.35. The maximum atomic E-state index is 15.8. The van der Waals surface area contributed by atoms with E-state index in [9.17, 15) is 26.4 Å². The summed E-state index contributed by atoms with van der Waals surface area (Å²) in [5.41, 5.74) is -0.126. The lowest BCUT2D eigenvalue weighted by Gasteiger charge is -2.14. The number of amides is 1. The number of alkyl carbamates (subject to hydrolysis) is 1. The summed E-state index contributed by atoms with van der Waals surface area (Å²) in [4.78, 5) is 26.9. The van der Waals surface area contributed by atoms with Gasteiger partial charge in [-0.2, -0.15) is 13.2 Å². The number of nitrogens with zero attached hydrogens (tertiary/aromatic N) is 3. The number of nitrogens with one attached hydrogen (secondary N) is 4. The first-order valence-electron chi connectivity index (χ1n) is 12.4. The van der Waals surface area contributed by atoms with Gasteiger partial charge in [-0.15, -0.1) is 0 Å². The molecule has 0 aliphatic rings. The number of hydrogen-bond donors (Lipinski definition) is 4. The smallest absolute Gasteiger partial charge is 0.407 e. The molecule has 224 valence electrons. The molecule has 1 aromatic carbocycles. The molecule has 0 aliphatic heterocycles. The number of carbonyl (C=O) groups is 1. The fraction of sp³-hybridized carbons (Fsp3) is 0.440. The van der Waals surface area contributed by atoms with Gasteiger partial charge >= 0.3 is 12.3 Å². The zero-order valence-corrected chi connectivity index (χ0v) is 23.8. The normalized spacial score (nSPS) is 13.1. The van der Waals surface area contributed by atoms with E-state index in [0.29, 0.717) is 11.5 Å². The van der Waals surface area contributed by atoms with E-state index in [-0.39, 0.29) is 35.5 Å². The molecular weight excluding hydrogens is 570 g/mol. The van der Waals surface area contributed by atoms with Gasteiger partial charge in [0.1, 0.15) is 16.4 Å². The number of alkyl halides is 3. The predicted octanol–water partition coefficient (Wildman–Crippen LogP) is 4.36. The largest absolute Gasteiger partial charge is 0.453 e. The summed E-state index contributed by atoms with van der Waals surface area (Å²) in [6.45, 7) is 6.63. The van der Waals surface area contributed by atoms with Crippen molar-refractivity contribution in [2.75, 3.05) is 25.5 Å². The monoisotopic (exact) mass is 601 g/mol. The number of H-pyrrole nitrogens is 1. The number of sulfonamides is 1. The molecule has 1 amide bonds. The van der Waals surface area contributed by atoms with Crippen molar-refractivity contribution >= 4 is 22.1 Å². The number of rotatable bonds is 10. The van der Waals surface area contributed by atoms with Crippen LogP contribution < -0.4 is 15.4 Å². The van der Waals surface area contributed by atoms with Crippen molar-refractivity contribution in [3.63, 3.8) is 0 Å². The van der Waals surface area contributed by atoms with Crippen LogP contribution in [0.4, 0.5) is 28.3 Å². The molecule has 0 saturated heterocycles. The number of aromatic nitrogens is 4. The van der Waals surface area contributed by atoms with Crippen LogP contribution in [0.3, 0.4) is 0 Å². The molecule has 2 heterocycles. The van der Waals surface area contributed by atoms with Crippen LogP contribution in [-0.4, -0.2) is 66.9 Å². The number of methoxy groups -OCH3 is 1. The van der Waals surface area contributed by atoms with Crippen LogP contribution in [0.5, 0.6) is 0 Å². The van der Waals surface area contributed by atoms with E-state index < -0.39 is 51.4 Å². The number of halogens is 4. The zero-order chi connectivity index (χ0) is 30.6. The molecular formula is C25H31F4N7O4S. The van der Waals surface area contributed by atoms with Crippen LogP contribution in [-0.2, 0) is 20.2 Å². The van der Waals surface area contributed by atoms with Crippen molar-refractivity contribution in [2.24, 2.45) is 0 Å². The fourth-order valence-corrected chi connectivity index (χ4v) is 4.68. The SMILES string of the molecule is COC(=O)N[C@@H](C)CNc1nccc(-c2[nH]c(C(C)(C)C)nc2-c2cccc(S(=O)(=O)NCCC(F)(F)F)c2F)n1. The summed E-state index contributed by atoms with van der Waals surface area (Å²) in [5.74, 6) is -0.553. The molecule has 0 radical (unpaired) electrons. The standard InChI is InChI=1S/C25H31F4N7O4S/c1-14(33-23(37)40-5)13-31-22-30-11-9-16(34-22)20-19(35-21(36-20)24(2,3)4)15-7-6-8-17(18(15)26)41(38,39)32-12-10-25(27,28)29/h6-9,11,14,32H,10,12-13H2,1-5H3,(H,33,37)(H,35,36)(H,30,31,34)/t14-/m0/s1.